The summed E-state index contributed by atoms with van der Waals surface area (Å²) in [4.78, 5) is 4.09. The quantitative estimate of drug-likeness (QED) is 0.658. The molecular weight excluding hydrogens is 254 g/mol. The standard InChI is InChI=1S/C11H19N3O3S/c1-17-11-5-4-10(9-13-11)8-12-6-3-7-14-18(2,15)16/h4-5,9,12,14H,3,6-8H2,1-2H3. The van der Waals surface area contributed by atoms with Crippen LogP contribution in [0.3, 0.4) is 0 Å². The minimum absolute atomic E-state index is 0.451. The van der Waals surface area contributed by atoms with Gasteiger partial charge in [0.2, 0.25) is 15.9 Å². The molecule has 1 heterocycles. The molecule has 0 saturated heterocycles. The number of nitrogens with one attached hydrogen (secondary N) is 2. The summed E-state index contributed by atoms with van der Waals surface area (Å²) in [6.45, 7) is 1.90. The van der Waals surface area contributed by atoms with Gasteiger partial charge in [0.25, 0.3) is 0 Å². The minimum Gasteiger partial charge on any atom is -0.481 e. The Balaban J connectivity index is 2.14. The van der Waals surface area contributed by atoms with Gasteiger partial charge in [-0.25, -0.2) is 18.1 Å². The molecule has 0 amide bonds. The van der Waals surface area contributed by atoms with E-state index < -0.39 is 10.0 Å². The third-order valence-corrected chi connectivity index (χ3v) is 2.96. The monoisotopic (exact) mass is 273 g/mol. The molecule has 1 rings (SSSR count). The molecule has 0 atom stereocenters. The highest BCUT2D eigenvalue weighted by Gasteiger charge is 1.99. The van der Waals surface area contributed by atoms with Crippen LogP contribution >= 0.6 is 0 Å². The number of methoxy groups -OCH3 is 1. The highest BCUT2D eigenvalue weighted by molar-refractivity contribution is 7.88. The first-order chi connectivity index (χ1) is 8.51. The molecule has 0 aliphatic heterocycles. The Labute approximate surface area is 108 Å². The number of hydrogen-bond acceptors (Lipinski definition) is 5. The van der Waals surface area contributed by atoms with Gasteiger partial charge in [-0.1, -0.05) is 6.07 Å². The summed E-state index contributed by atoms with van der Waals surface area (Å²) in [7, 11) is -1.49. The fraction of sp³-hybridized carbons (Fsp3) is 0.545. The van der Waals surface area contributed by atoms with E-state index in [2.05, 4.69) is 15.0 Å². The smallest absolute Gasteiger partial charge is 0.212 e. The minimum atomic E-state index is -3.07. The van der Waals surface area contributed by atoms with Gasteiger partial charge < -0.3 is 10.1 Å². The van der Waals surface area contributed by atoms with Crippen LogP contribution in [0.15, 0.2) is 18.3 Å². The molecule has 0 unspecified atom stereocenters. The second-order valence-corrected chi connectivity index (χ2v) is 5.74. The number of rotatable bonds is 8. The van der Waals surface area contributed by atoms with Crippen LogP contribution in [0.5, 0.6) is 5.88 Å². The summed E-state index contributed by atoms with van der Waals surface area (Å²) < 4.78 is 29.0. The van der Waals surface area contributed by atoms with Crippen LogP contribution in [-0.4, -0.2) is 39.9 Å². The average Bonchev–Trinajstić information content (AvgIpc) is 2.33. The number of hydrogen-bond donors (Lipinski definition) is 2. The average molecular weight is 273 g/mol. The molecule has 1 aromatic rings. The Morgan fingerprint density at radius 2 is 2.11 bits per heavy atom. The lowest BCUT2D eigenvalue weighted by Crippen LogP contribution is -2.26. The highest BCUT2D eigenvalue weighted by atomic mass is 32.2. The zero-order valence-electron chi connectivity index (χ0n) is 10.6. The molecular formula is C11H19N3O3S. The first kappa shape index (κ1) is 14.9. The van der Waals surface area contributed by atoms with Gasteiger partial charge in [-0.05, 0) is 18.5 Å². The Hall–Kier alpha value is -1.18. The van der Waals surface area contributed by atoms with E-state index in [0.29, 0.717) is 19.0 Å². The first-order valence-corrected chi connectivity index (χ1v) is 7.54. The van der Waals surface area contributed by atoms with E-state index in [-0.39, 0.29) is 0 Å². The molecule has 2 N–H and O–H groups in total. The third-order valence-electron chi connectivity index (χ3n) is 2.23. The molecule has 18 heavy (non-hydrogen) atoms. The normalized spacial score (nSPS) is 11.4. The summed E-state index contributed by atoms with van der Waals surface area (Å²) in [5.74, 6) is 0.594. The van der Waals surface area contributed by atoms with Crippen molar-refractivity contribution in [3.05, 3.63) is 23.9 Å². The third kappa shape index (κ3) is 6.53. The Morgan fingerprint density at radius 3 is 2.67 bits per heavy atom. The van der Waals surface area contributed by atoms with E-state index >= 15 is 0 Å². The number of nitrogens with zero attached hydrogens (tertiary/aromatic N) is 1. The van der Waals surface area contributed by atoms with E-state index in [1.54, 1.807) is 13.3 Å². The molecule has 7 heteroatoms. The van der Waals surface area contributed by atoms with Gasteiger partial charge in [-0.3, -0.25) is 0 Å². The summed E-state index contributed by atoms with van der Waals surface area (Å²) in [6.07, 6.45) is 3.65. The van der Waals surface area contributed by atoms with Crippen LogP contribution in [0.4, 0.5) is 0 Å². The van der Waals surface area contributed by atoms with Crippen molar-refractivity contribution in [3.8, 4) is 5.88 Å². The lowest BCUT2D eigenvalue weighted by molar-refractivity contribution is 0.397. The first-order valence-electron chi connectivity index (χ1n) is 5.65. The Bertz CT molecular complexity index is 445. The lowest BCUT2D eigenvalue weighted by Gasteiger charge is -2.05. The van der Waals surface area contributed by atoms with Crippen LogP contribution in [0.2, 0.25) is 0 Å². The molecule has 0 radical (unpaired) electrons. The zero-order valence-corrected chi connectivity index (χ0v) is 11.5. The van der Waals surface area contributed by atoms with Gasteiger partial charge in [0.05, 0.1) is 13.4 Å². The molecule has 0 spiro atoms. The van der Waals surface area contributed by atoms with Crippen molar-refractivity contribution in [2.24, 2.45) is 0 Å². The van der Waals surface area contributed by atoms with Crippen molar-refractivity contribution in [2.75, 3.05) is 26.5 Å². The molecule has 0 aromatic carbocycles. The Morgan fingerprint density at radius 1 is 1.33 bits per heavy atom. The van der Waals surface area contributed by atoms with Crippen LogP contribution in [0.25, 0.3) is 0 Å². The van der Waals surface area contributed by atoms with Gasteiger partial charge in [0, 0.05) is 25.4 Å². The molecule has 6 nitrogen and oxygen atoms in total. The van der Waals surface area contributed by atoms with E-state index in [1.165, 1.54) is 0 Å². The van der Waals surface area contributed by atoms with Crippen molar-refractivity contribution in [2.45, 2.75) is 13.0 Å². The Kier molecular flexibility index (Phi) is 6.03. The predicted molar refractivity (Wildman–Crippen MR) is 70.0 cm³/mol. The van der Waals surface area contributed by atoms with Crippen molar-refractivity contribution in [1.29, 1.82) is 0 Å². The second kappa shape index (κ2) is 7.30. The van der Waals surface area contributed by atoms with Gasteiger partial charge >= 0.3 is 0 Å². The van der Waals surface area contributed by atoms with Crippen molar-refractivity contribution in [3.63, 3.8) is 0 Å². The van der Waals surface area contributed by atoms with E-state index in [9.17, 15) is 8.42 Å². The summed E-state index contributed by atoms with van der Waals surface area (Å²) in [6, 6.07) is 3.75. The number of aromatic nitrogens is 1. The van der Waals surface area contributed by atoms with Gasteiger partial charge in [-0.2, -0.15) is 0 Å². The largest absolute Gasteiger partial charge is 0.481 e. The number of pyridine rings is 1. The molecule has 0 aliphatic carbocycles. The van der Waals surface area contributed by atoms with E-state index in [0.717, 1.165) is 24.8 Å². The maximum absolute atomic E-state index is 10.8. The molecule has 0 fully saturated rings. The van der Waals surface area contributed by atoms with Crippen LogP contribution in [0.1, 0.15) is 12.0 Å². The molecule has 0 bridgehead atoms. The summed E-state index contributed by atoms with van der Waals surface area (Å²) >= 11 is 0. The summed E-state index contributed by atoms with van der Waals surface area (Å²) in [5, 5.41) is 3.21. The molecule has 1 aromatic heterocycles. The van der Waals surface area contributed by atoms with Crippen LogP contribution in [-0.2, 0) is 16.6 Å². The maximum atomic E-state index is 10.8. The zero-order chi connectivity index (χ0) is 13.4. The molecule has 0 saturated carbocycles. The van der Waals surface area contributed by atoms with E-state index in [4.69, 9.17) is 4.74 Å². The SMILES string of the molecule is COc1ccc(CNCCCNS(C)(=O)=O)cn1. The maximum Gasteiger partial charge on any atom is 0.212 e. The van der Waals surface area contributed by atoms with Gasteiger partial charge in [-0.15, -0.1) is 0 Å². The van der Waals surface area contributed by atoms with Crippen molar-refractivity contribution < 1.29 is 13.2 Å². The van der Waals surface area contributed by atoms with Crippen molar-refractivity contribution in [1.82, 2.24) is 15.0 Å². The predicted octanol–water partition coefficient (Wildman–Crippen LogP) is 0.119. The van der Waals surface area contributed by atoms with Crippen LogP contribution < -0.4 is 14.8 Å². The fourth-order valence-electron chi connectivity index (χ4n) is 1.34. The molecule has 0 aliphatic rings. The topological polar surface area (TPSA) is 80.3 Å². The fourth-order valence-corrected chi connectivity index (χ4v) is 1.86. The van der Waals surface area contributed by atoms with Crippen LogP contribution in [0, 0.1) is 0 Å². The second-order valence-electron chi connectivity index (χ2n) is 3.91. The molecule has 102 valence electrons. The lowest BCUT2D eigenvalue weighted by atomic mass is 10.3. The van der Waals surface area contributed by atoms with Crippen molar-refractivity contribution >= 4 is 10.0 Å². The van der Waals surface area contributed by atoms with E-state index in [1.807, 2.05) is 12.1 Å². The van der Waals surface area contributed by atoms with Gasteiger partial charge in [0.1, 0.15) is 0 Å². The highest BCUT2D eigenvalue weighted by Crippen LogP contribution is 2.05. The summed E-state index contributed by atoms with van der Waals surface area (Å²) in [5.41, 5.74) is 1.06. The number of sulfonamides is 1. The number of ether oxygens (including phenoxy) is 1. The van der Waals surface area contributed by atoms with Gasteiger partial charge in [0.15, 0.2) is 0 Å².